The summed E-state index contributed by atoms with van der Waals surface area (Å²) >= 11 is 2.88. The number of aliphatic hydroxyl groups excluding tert-OH is 1. The molecule has 0 aliphatic heterocycles. The number of nitro groups is 1. The standard InChI is InChI=1S/C8H5BrF3NO3/c9-4-1-2-6(13(15)16)5(3-4)7(14)8(10,11)12/h1-3,7,14H. The highest BCUT2D eigenvalue weighted by Crippen LogP contribution is 2.37. The van der Waals surface area contributed by atoms with E-state index in [1.807, 2.05) is 0 Å². The van der Waals surface area contributed by atoms with Crippen molar-refractivity contribution in [3.63, 3.8) is 0 Å². The lowest BCUT2D eigenvalue weighted by Gasteiger charge is -2.14. The zero-order valence-electron chi connectivity index (χ0n) is 7.53. The van der Waals surface area contributed by atoms with Crippen LogP contribution < -0.4 is 0 Å². The average molecular weight is 300 g/mol. The largest absolute Gasteiger partial charge is 0.418 e. The van der Waals surface area contributed by atoms with Crippen molar-refractivity contribution in [2.45, 2.75) is 12.3 Å². The molecular formula is C8H5BrF3NO3. The molecule has 0 aliphatic carbocycles. The van der Waals surface area contributed by atoms with Gasteiger partial charge in [-0.2, -0.15) is 13.2 Å². The molecule has 1 aromatic carbocycles. The van der Waals surface area contributed by atoms with E-state index < -0.39 is 28.5 Å². The van der Waals surface area contributed by atoms with Crippen molar-refractivity contribution in [2.75, 3.05) is 0 Å². The molecule has 1 rings (SSSR count). The van der Waals surface area contributed by atoms with Crippen molar-refractivity contribution in [3.8, 4) is 0 Å². The van der Waals surface area contributed by atoms with E-state index in [9.17, 15) is 23.3 Å². The van der Waals surface area contributed by atoms with Gasteiger partial charge >= 0.3 is 6.18 Å². The van der Waals surface area contributed by atoms with E-state index in [0.717, 1.165) is 12.1 Å². The molecular weight excluding hydrogens is 295 g/mol. The quantitative estimate of drug-likeness (QED) is 0.674. The number of halogens is 4. The van der Waals surface area contributed by atoms with E-state index in [1.54, 1.807) is 0 Å². The van der Waals surface area contributed by atoms with E-state index in [4.69, 9.17) is 5.11 Å². The maximum atomic E-state index is 12.2. The van der Waals surface area contributed by atoms with Crippen LogP contribution in [0.2, 0.25) is 0 Å². The van der Waals surface area contributed by atoms with Gasteiger partial charge in [-0.3, -0.25) is 10.1 Å². The smallest absolute Gasteiger partial charge is 0.379 e. The average Bonchev–Trinajstić information content (AvgIpc) is 2.14. The molecule has 0 amide bonds. The minimum absolute atomic E-state index is 0.219. The maximum Gasteiger partial charge on any atom is 0.418 e. The van der Waals surface area contributed by atoms with Gasteiger partial charge in [0.2, 0.25) is 0 Å². The second-order valence-electron chi connectivity index (χ2n) is 2.90. The summed E-state index contributed by atoms with van der Waals surface area (Å²) in [5.41, 5.74) is -1.56. The predicted molar refractivity (Wildman–Crippen MR) is 51.8 cm³/mol. The number of benzene rings is 1. The van der Waals surface area contributed by atoms with Gasteiger partial charge in [0.05, 0.1) is 10.5 Å². The summed E-state index contributed by atoms with van der Waals surface area (Å²) in [6.07, 6.45) is -7.81. The summed E-state index contributed by atoms with van der Waals surface area (Å²) in [5, 5.41) is 19.4. The van der Waals surface area contributed by atoms with Crippen LogP contribution in [-0.2, 0) is 0 Å². The highest BCUT2D eigenvalue weighted by atomic mass is 79.9. The van der Waals surface area contributed by atoms with Crippen molar-refractivity contribution in [1.29, 1.82) is 0 Å². The zero-order valence-corrected chi connectivity index (χ0v) is 9.12. The fourth-order valence-electron chi connectivity index (χ4n) is 1.09. The van der Waals surface area contributed by atoms with E-state index in [-0.39, 0.29) is 4.47 Å². The van der Waals surface area contributed by atoms with Gasteiger partial charge in [-0.25, -0.2) is 0 Å². The van der Waals surface area contributed by atoms with Gasteiger partial charge in [0.25, 0.3) is 5.69 Å². The van der Waals surface area contributed by atoms with Crippen LogP contribution in [0.4, 0.5) is 18.9 Å². The second kappa shape index (κ2) is 4.38. The lowest BCUT2D eigenvalue weighted by Crippen LogP contribution is -2.21. The van der Waals surface area contributed by atoms with Gasteiger partial charge in [0.15, 0.2) is 6.10 Å². The van der Waals surface area contributed by atoms with Gasteiger partial charge in [-0.15, -0.1) is 0 Å². The highest BCUT2D eigenvalue weighted by Gasteiger charge is 2.42. The number of rotatable bonds is 2. The van der Waals surface area contributed by atoms with Crippen molar-refractivity contribution in [3.05, 3.63) is 38.3 Å². The number of hydrogen-bond acceptors (Lipinski definition) is 3. The summed E-state index contributed by atoms with van der Waals surface area (Å²) < 4.78 is 36.9. The van der Waals surface area contributed by atoms with E-state index >= 15 is 0 Å². The SMILES string of the molecule is O=[N+]([O-])c1ccc(Br)cc1C(O)C(F)(F)F. The summed E-state index contributed by atoms with van der Waals surface area (Å²) in [4.78, 5) is 9.50. The fourth-order valence-corrected chi connectivity index (χ4v) is 1.47. The van der Waals surface area contributed by atoms with Crippen molar-refractivity contribution < 1.29 is 23.2 Å². The summed E-state index contributed by atoms with van der Waals surface area (Å²) in [6.45, 7) is 0. The number of nitro benzene ring substituents is 1. The van der Waals surface area contributed by atoms with Gasteiger partial charge in [0.1, 0.15) is 0 Å². The molecule has 16 heavy (non-hydrogen) atoms. The Morgan fingerprint density at radius 1 is 1.44 bits per heavy atom. The molecule has 0 aromatic heterocycles. The van der Waals surface area contributed by atoms with Gasteiger partial charge in [0, 0.05) is 10.5 Å². The minimum Gasteiger partial charge on any atom is -0.379 e. The van der Waals surface area contributed by atoms with E-state index in [1.165, 1.54) is 6.07 Å². The molecule has 1 atom stereocenters. The summed E-state index contributed by atoms with van der Waals surface area (Å²) in [7, 11) is 0. The molecule has 0 aliphatic rings. The Kier molecular flexibility index (Phi) is 3.54. The molecule has 0 fully saturated rings. The Labute approximate surface area is 96.0 Å². The Morgan fingerprint density at radius 2 is 2.00 bits per heavy atom. The van der Waals surface area contributed by atoms with Crippen LogP contribution in [0.5, 0.6) is 0 Å². The van der Waals surface area contributed by atoms with Crippen molar-refractivity contribution >= 4 is 21.6 Å². The van der Waals surface area contributed by atoms with Gasteiger partial charge < -0.3 is 5.11 Å². The molecule has 1 N–H and O–H groups in total. The monoisotopic (exact) mass is 299 g/mol. The third-order valence-corrected chi connectivity index (χ3v) is 2.28. The Hall–Kier alpha value is -1.15. The normalized spacial score (nSPS) is 13.6. The first-order chi connectivity index (χ1) is 7.23. The molecule has 0 saturated heterocycles. The van der Waals surface area contributed by atoms with Gasteiger partial charge in [-0.1, -0.05) is 15.9 Å². The topological polar surface area (TPSA) is 63.4 Å². The number of nitrogens with zero attached hydrogens (tertiary/aromatic N) is 1. The first-order valence-corrected chi connectivity index (χ1v) is 4.71. The molecule has 1 unspecified atom stereocenters. The van der Waals surface area contributed by atoms with E-state index in [0.29, 0.717) is 0 Å². The van der Waals surface area contributed by atoms with Crippen LogP contribution in [0.1, 0.15) is 11.7 Å². The first kappa shape index (κ1) is 12.9. The first-order valence-electron chi connectivity index (χ1n) is 3.92. The molecule has 1 aromatic rings. The van der Waals surface area contributed by atoms with Crippen LogP contribution in [0.25, 0.3) is 0 Å². The molecule has 0 radical (unpaired) electrons. The Morgan fingerprint density at radius 3 is 2.44 bits per heavy atom. The number of aliphatic hydroxyl groups is 1. The van der Waals surface area contributed by atoms with Crippen molar-refractivity contribution in [1.82, 2.24) is 0 Å². The van der Waals surface area contributed by atoms with Crippen LogP contribution in [0.3, 0.4) is 0 Å². The molecule has 0 saturated carbocycles. The minimum atomic E-state index is -4.94. The Balaban J connectivity index is 3.30. The Bertz CT molecular complexity index is 421. The highest BCUT2D eigenvalue weighted by molar-refractivity contribution is 9.10. The molecule has 8 heteroatoms. The maximum absolute atomic E-state index is 12.2. The molecule has 0 bridgehead atoms. The molecule has 0 spiro atoms. The molecule has 0 heterocycles. The second-order valence-corrected chi connectivity index (χ2v) is 3.82. The fraction of sp³-hybridized carbons (Fsp3) is 0.250. The van der Waals surface area contributed by atoms with Crippen molar-refractivity contribution in [2.24, 2.45) is 0 Å². The van der Waals surface area contributed by atoms with Crippen LogP contribution in [-0.4, -0.2) is 16.2 Å². The number of alkyl halides is 3. The number of hydrogen-bond donors (Lipinski definition) is 1. The summed E-state index contributed by atoms with van der Waals surface area (Å²) in [6, 6.07) is 3.00. The molecule has 88 valence electrons. The summed E-state index contributed by atoms with van der Waals surface area (Å²) in [5.74, 6) is 0. The van der Waals surface area contributed by atoms with Crippen LogP contribution in [0.15, 0.2) is 22.7 Å². The third-order valence-electron chi connectivity index (χ3n) is 1.79. The molecule has 4 nitrogen and oxygen atoms in total. The lowest BCUT2D eigenvalue weighted by atomic mass is 10.1. The lowest BCUT2D eigenvalue weighted by molar-refractivity contribution is -0.387. The predicted octanol–water partition coefficient (Wildman–Crippen LogP) is 2.95. The van der Waals surface area contributed by atoms with Gasteiger partial charge in [-0.05, 0) is 12.1 Å². The van der Waals surface area contributed by atoms with Crippen LogP contribution >= 0.6 is 15.9 Å². The van der Waals surface area contributed by atoms with Crippen LogP contribution in [0, 0.1) is 10.1 Å². The third kappa shape index (κ3) is 2.70. The van der Waals surface area contributed by atoms with E-state index in [2.05, 4.69) is 15.9 Å². The zero-order chi connectivity index (χ0) is 12.5.